The molecule has 7 atom stereocenters. The van der Waals surface area contributed by atoms with Crippen molar-refractivity contribution in [3.05, 3.63) is 23.8 Å². The number of aliphatic hydroxyl groups excluding tert-OH is 3. The zero-order chi connectivity index (χ0) is 17.9. The topological polar surface area (TPSA) is 98.0 Å². The number of fused-ring (bicyclic) bond motifs is 1. The van der Waals surface area contributed by atoms with E-state index >= 15 is 0 Å². The molecule has 0 aromatic rings. The summed E-state index contributed by atoms with van der Waals surface area (Å²) < 4.78 is 0. The van der Waals surface area contributed by atoms with Crippen molar-refractivity contribution in [2.24, 2.45) is 23.7 Å². The van der Waals surface area contributed by atoms with Gasteiger partial charge in [-0.1, -0.05) is 32.1 Å². The molecule has 0 saturated heterocycles. The summed E-state index contributed by atoms with van der Waals surface area (Å²) in [7, 11) is 0. The Bertz CT molecular complexity index is 498. The number of aliphatic carboxylic acids is 1. The Morgan fingerprint density at radius 2 is 2.00 bits per heavy atom. The lowest BCUT2D eigenvalue weighted by atomic mass is 9.65. The van der Waals surface area contributed by atoms with Crippen LogP contribution in [0.2, 0.25) is 0 Å². The van der Waals surface area contributed by atoms with Crippen LogP contribution in [-0.2, 0) is 4.79 Å². The van der Waals surface area contributed by atoms with Crippen molar-refractivity contribution in [3.8, 4) is 0 Å². The Morgan fingerprint density at radius 3 is 2.67 bits per heavy atom. The van der Waals surface area contributed by atoms with Gasteiger partial charge >= 0.3 is 5.97 Å². The van der Waals surface area contributed by atoms with Crippen molar-refractivity contribution < 1.29 is 25.2 Å². The molecule has 2 rings (SSSR count). The molecule has 5 heteroatoms. The first-order valence-corrected chi connectivity index (χ1v) is 8.93. The van der Waals surface area contributed by atoms with Gasteiger partial charge in [-0.05, 0) is 49.0 Å². The van der Waals surface area contributed by atoms with Crippen LogP contribution < -0.4 is 0 Å². The first kappa shape index (κ1) is 19.2. The number of carbonyl (C=O) groups is 1. The summed E-state index contributed by atoms with van der Waals surface area (Å²) in [6, 6.07) is 0. The average Bonchev–Trinajstić information content (AvgIpc) is 2.45. The third kappa shape index (κ3) is 4.91. The maximum absolute atomic E-state index is 10.6. The third-order valence-electron chi connectivity index (χ3n) is 5.41. The number of hydrogen-bond acceptors (Lipinski definition) is 4. The minimum absolute atomic E-state index is 0.0796. The lowest BCUT2D eigenvalue weighted by molar-refractivity contribution is -0.139. The first-order chi connectivity index (χ1) is 11.3. The minimum Gasteiger partial charge on any atom is -0.481 e. The molecule has 5 nitrogen and oxygen atoms in total. The highest BCUT2D eigenvalue weighted by Gasteiger charge is 2.38. The van der Waals surface area contributed by atoms with Gasteiger partial charge in [-0.15, -0.1) is 0 Å². The van der Waals surface area contributed by atoms with Crippen molar-refractivity contribution in [1.29, 1.82) is 0 Å². The number of allylic oxidation sites excluding steroid dienone is 3. The fourth-order valence-electron chi connectivity index (χ4n) is 4.23. The van der Waals surface area contributed by atoms with Gasteiger partial charge < -0.3 is 20.4 Å². The molecule has 136 valence electrons. The Morgan fingerprint density at radius 1 is 1.29 bits per heavy atom. The van der Waals surface area contributed by atoms with E-state index in [9.17, 15) is 20.1 Å². The van der Waals surface area contributed by atoms with Gasteiger partial charge in [-0.25, -0.2) is 0 Å². The third-order valence-corrected chi connectivity index (χ3v) is 5.41. The zero-order valence-corrected chi connectivity index (χ0v) is 14.5. The summed E-state index contributed by atoms with van der Waals surface area (Å²) in [5.74, 6) is 0.00962. The number of carboxylic acid groups (broad SMARTS) is 1. The Balaban J connectivity index is 1.94. The molecule has 0 aromatic carbocycles. The Kier molecular flexibility index (Phi) is 6.61. The van der Waals surface area contributed by atoms with Gasteiger partial charge in [0.05, 0.1) is 24.7 Å². The quantitative estimate of drug-likeness (QED) is 0.570. The lowest BCUT2D eigenvalue weighted by Crippen LogP contribution is -2.38. The summed E-state index contributed by atoms with van der Waals surface area (Å²) in [6.07, 6.45) is 6.20. The summed E-state index contributed by atoms with van der Waals surface area (Å²) in [6.45, 7) is 4.25. The SMILES string of the molecule is C[C@H]1C=C2C=C[C@H](C)[C@H](CCC(O)C[C@@H](O)CC(=O)O)C2[C@@H](O)C1. The van der Waals surface area contributed by atoms with E-state index in [0.29, 0.717) is 18.3 Å². The fourth-order valence-corrected chi connectivity index (χ4v) is 4.23. The Hall–Kier alpha value is -1.17. The maximum atomic E-state index is 10.6. The molecule has 0 aromatic heterocycles. The number of rotatable bonds is 7. The van der Waals surface area contributed by atoms with Gasteiger partial charge in [0.2, 0.25) is 0 Å². The molecular weight excluding hydrogens is 308 g/mol. The molecule has 24 heavy (non-hydrogen) atoms. The summed E-state index contributed by atoms with van der Waals surface area (Å²) in [5, 5.41) is 38.9. The van der Waals surface area contributed by atoms with Crippen molar-refractivity contribution in [2.75, 3.05) is 0 Å². The largest absolute Gasteiger partial charge is 0.481 e. The van der Waals surface area contributed by atoms with Crippen molar-refractivity contribution >= 4 is 5.97 Å². The van der Waals surface area contributed by atoms with E-state index < -0.39 is 18.2 Å². The van der Waals surface area contributed by atoms with Gasteiger partial charge in [0.15, 0.2) is 0 Å². The highest BCUT2D eigenvalue weighted by atomic mass is 16.4. The van der Waals surface area contributed by atoms with E-state index in [4.69, 9.17) is 5.11 Å². The minimum atomic E-state index is -1.06. The van der Waals surface area contributed by atoms with E-state index in [1.807, 2.05) is 0 Å². The average molecular weight is 338 g/mol. The van der Waals surface area contributed by atoms with E-state index in [2.05, 4.69) is 32.1 Å². The van der Waals surface area contributed by atoms with Crippen LogP contribution in [0.1, 0.15) is 46.0 Å². The van der Waals surface area contributed by atoms with E-state index in [0.717, 1.165) is 12.8 Å². The second-order valence-electron chi connectivity index (χ2n) is 7.57. The highest BCUT2D eigenvalue weighted by Crippen LogP contribution is 2.43. The monoisotopic (exact) mass is 338 g/mol. The van der Waals surface area contributed by atoms with E-state index in [1.54, 1.807) is 0 Å². The van der Waals surface area contributed by atoms with Gasteiger partial charge in [-0.2, -0.15) is 0 Å². The molecule has 0 amide bonds. The molecule has 0 aliphatic heterocycles. The predicted molar refractivity (Wildman–Crippen MR) is 91.3 cm³/mol. The second kappa shape index (κ2) is 8.28. The standard InChI is InChI=1S/C19H30O5/c1-11-7-13-4-3-12(2)16(19(13)17(22)8-11)6-5-14(20)9-15(21)10-18(23)24/h3-4,7,11-12,14-17,19-22H,5-6,8-10H2,1-2H3,(H,23,24)/t11-,12-,14?,15+,16-,17-,19?/m0/s1. The van der Waals surface area contributed by atoms with Crippen LogP contribution in [0.3, 0.4) is 0 Å². The van der Waals surface area contributed by atoms with Crippen LogP contribution in [-0.4, -0.2) is 44.7 Å². The molecule has 2 aliphatic carbocycles. The smallest absolute Gasteiger partial charge is 0.305 e. The Labute approximate surface area is 143 Å². The zero-order valence-electron chi connectivity index (χ0n) is 14.5. The van der Waals surface area contributed by atoms with Crippen LogP contribution in [0, 0.1) is 23.7 Å². The number of hydrogen-bond donors (Lipinski definition) is 4. The van der Waals surface area contributed by atoms with Crippen LogP contribution in [0.25, 0.3) is 0 Å². The van der Waals surface area contributed by atoms with Crippen LogP contribution in [0.4, 0.5) is 0 Å². The molecule has 0 bridgehead atoms. The molecule has 2 unspecified atom stereocenters. The number of aliphatic hydroxyl groups is 3. The predicted octanol–water partition coefficient (Wildman–Crippen LogP) is 2.12. The van der Waals surface area contributed by atoms with E-state index in [-0.39, 0.29) is 30.8 Å². The molecule has 0 fully saturated rings. The maximum Gasteiger partial charge on any atom is 0.305 e. The van der Waals surface area contributed by atoms with Crippen LogP contribution in [0.5, 0.6) is 0 Å². The lowest BCUT2D eigenvalue weighted by Gasteiger charge is -2.41. The van der Waals surface area contributed by atoms with E-state index in [1.165, 1.54) is 5.57 Å². The first-order valence-electron chi connectivity index (χ1n) is 8.93. The van der Waals surface area contributed by atoms with Crippen molar-refractivity contribution in [2.45, 2.75) is 64.3 Å². The molecular formula is C19H30O5. The van der Waals surface area contributed by atoms with Crippen LogP contribution in [0.15, 0.2) is 23.8 Å². The van der Waals surface area contributed by atoms with Gasteiger partial charge in [-0.3, -0.25) is 4.79 Å². The summed E-state index contributed by atoms with van der Waals surface area (Å²) in [5.41, 5.74) is 1.20. The number of carboxylic acids is 1. The van der Waals surface area contributed by atoms with Crippen LogP contribution >= 0.6 is 0 Å². The summed E-state index contributed by atoms with van der Waals surface area (Å²) >= 11 is 0. The van der Waals surface area contributed by atoms with Crippen molar-refractivity contribution in [3.63, 3.8) is 0 Å². The normalized spacial score (nSPS) is 35.0. The van der Waals surface area contributed by atoms with Gasteiger partial charge in [0.25, 0.3) is 0 Å². The fraction of sp³-hybridized carbons (Fsp3) is 0.737. The molecule has 0 spiro atoms. The van der Waals surface area contributed by atoms with Gasteiger partial charge in [0.1, 0.15) is 0 Å². The molecule has 0 saturated carbocycles. The second-order valence-corrected chi connectivity index (χ2v) is 7.57. The van der Waals surface area contributed by atoms with Crippen molar-refractivity contribution in [1.82, 2.24) is 0 Å². The molecule has 0 radical (unpaired) electrons. The molecule has 0 heterocycles. The highest BCUT2D eigenvalue weighted by molar-refractivity contribution is 5.67. The molecule has 4 N–H and O–H groups in total. The summed E-state index contributed by atoms with van der Waals surface area (Å²) in [4.78, 5) is 10.6. The van der Waals surface area contributed by atoms with Gasteiger partial charge in [0, 0.05) is 5.92 Å². The molecule has 2 aliphatic rings.